The van der Waals surface area contributed by atoms with Crippen LogP contribution in [0.15, 0.2) is 24.3 Å². The second kappa shape index (κ2) is 7.24. The zero-order valence-corrected chi connectivity index (χ0v) is 14.0. The molecule has 1 aliphatic rings. The van der Waals surface area contributed by atoms with Gasteiger partial charge in [0.15, 0.2) is 9.84 Å². The number of likely N-dealkylation sites (N-methyl/N-ethyl adjacent to an activating group) is 1. The van der Waals surface area contributed by atoms with E-state index in [1.165, 1.54) is 12.7 Å². The Bertz CT molecular complexity index is 611. The Kier molecular flexibility index (Phi) is 5.58. The highest BCUT2D eigenvalue weighted by Gasteiger charge is 2.23. The van der Waals surface area contributed by atoms with E-state index < -0.39 is 9.84 Å². The summed E-state index contributed by atoms with van der Waals surface area (Å²) < 4.78 is 22.5. The summed E-state index contributed by atoms with van der Waals surface area (Å²) in [5.74, 6) is -0.100. The molecular formula is C16H24N2O3S. The van der Waals surface area contributed by atoms with Crippen LogP contribution in [0.25, 0.3) is 0 Å². The maximum absolute atomic E-state index is 12.1. The molecule has 0 spiro atoms. The third-order valence-electron chi connectivity index (χ3n) is 4.05. The van der Waals surface area contributed by atoms with Crippen molar-refractivity contribution in [3.05, 3.63) is 35.4 Å². The van der Waals surface area contributed by atoms with E-state index in [1.807, 2.05) is 0 Å². The molecule has 0 unspecified atom stereocenters. The third kappa shape index (κ3) is 4.81. The fourth-order valence-electron chi connectivity index (χ4n) is 2.91. The highest BCUT2D eigenvalue weighted by Crippen LogP contribution is 2.16. The lowest BCUT2D eigenvalue weighted by atomic mass is 10.1. The van der Waals surface area contributed by atoms with Crippen LogP contribution >= 0.6 is 0 Å². The minimum absolute atomic E-state index is 0.00241. The van der Waals surface area contributed by atoms with Crippen LogP contribution < -0.4 is 5.32 Å². The van der Waals surface area contributed by atoms with Gasteiger partial charge in [0.2, 0.25) is 0 Å². The van der Waals surface area contributed by atoms with Crippen LogP contribution in [0.1, 0.15) is 35.7 Å². The van der Waals surface area contributed by atoms with Crippen LogP contribution in [-0.2, 0) is 15.6 Å². The maximum atomic E-state index is 12.1. The van der Waals surface area contributed by atoms with Crippen molar-refractivity contribution < 1.29 is 13.2 Å². The molecule has 1 aromatic carbocycles. The molecule has 1 aliphatic heterocycles. The second-order valence-corrected chi connectivity index (χ2v) is 8.04. The minimum Gasteiger partial charge on any atom is -0.350 e. The molecule has 6 heteroatoms. The molecule has 122 valence electrons. The molecule has 0 saturated carbocycles. The number of likely N-dealkylation sites (tertiary alicyclic amines) is 1. The Morgan fingerprint density at radius 3 is 2.59 bits per heavy atom. The van der Waals surface area contributed by atoms with E-state index in [4.69, 9.17) is 0 Å². The average molecular weight is 324 g/mol. The van der Waals surface area contributed by atoms with E-state index >= 15 is 0 Å². The Morgan fingerprint density at radius 2 is 2.00 bits per heavy atom. The van der Waals surface area contributed by atoms with Crippen molar-refractivity contribution >= 4 is 15.7 Å². The summed E-state index contributed by atoms with van der Waals surface area (Å²) in [5, 5.41) is 2.97. The van der Waals surface area contributed by atoms with Gasteiger partial charge in [-0.1, -0.05) is 19.1 Å². The third-order valence-corrected chi connectivity index (χ3v) is 4.91. The van der Waals surface area contributed by atoms with Crippen molar-refractivity contribution in [3.63, 3.8) is 0 Å². The van der Waals surface area contributed by atoms with Gasteiger partial charge < -0.3 is 5.32 Å². The summed E-state index contributed by atoms with van der Waals surface area (Å²) in [6.07, 6.45) is 3.52. The van der Waals surface area contributed by atoms with E-state index in [9.17, 15) is 13.2 Å². The molecule has 22 heavy (non-hydrogen) atoms. The van der Waals surface area contributed by atoms with Gasteiger partial charge in [-0.25, -0.2) is 8.42 Å². The number of hydrogen-bond acceptors (Lipinski definition) is 4. The molecule has 0 aliphatic carbocycles. The number of rotatable bonds is 6. The molecule has 1 fully saturated rings. The molecule has 1 aromatic rings. The van der Waals surface area contributed by atoms with Gasteiger partial charge in [-0.15, -0.1) is 0 Å². The van der Waals surface area contributed by atoms with Gasteiger partial charge in [0.1, 0.15) is 0 Å². The molecule has 1 atom stereocenters. The lowest BCUT2D eigenvalue weighted by molar-refractivity contribution is 0.0941. The molecule has 2 rings (SSSR count). The number of nitrogens with one attached hydrogen (secondary N) is 1. The molecule has 1 heterocycles. The lowest BCUT2D eigenvalue weighted by Gasteiger charge is -2.22. The van der Waals surface area contributed by atoms with Crippen molar-refractivity contribution in [1.29, 1.82) is 0 Å². The molecular weight excluding hydrogens is 300 g/mol. The van der Waals surface area contributed by atoms with Crippen molar-refractivity contribution in [1.82, 2.24) is 10.2 Å². The zero-order chi connectivity index (χ0) is 16.2. The lowest BCUT2D eigenvalue weighted by Crippen LogP contribution is -2.40. The quantitative estimate of drug-likeness (QED) is 0.860. The molecule has 1 amide bonds. The smallest absolute Gasteiger partial charge is 0.251 e. The van der Waals surface area contributed by atoms with Crippen LogP contribution in [0.5, 0.6) is 0 Å². The highest BCUT2D eigenvalue weighted by atomic mass is 32.2. The van der Waals surface area contributed by atoms with Crippen LogP contribution in [0.4, 0.5) is 0 Å². The van der Waals surface area contributed by atoms with Crippen LogP contribution in [0, 0.1) is 0 Å². The van der Waals surface area contributed by atoms with Gasteiger partial charge in [-0.3, -0.25) is 9.69 Å². The summed E-state index contributed by atoms with van der Waals surface area (Å²) >= 11 is 0. The monoisotopic (exact) mass is 324 g/mol. The molecule has 1 N–H and O–H groups in total. The minimum atomic E-state index is -3.05. The normalized spacial score (nSPS) is 19.3. The number of carbonyl (C=O) groups is 1. The van der Waals surface area contributed by atoms with Crippen molar-refractivity contribution in [2.24, 2.45) is 0 Å². The predicted molar refractivity (Wildman–Crippen MR) is 87.6 cm³/mol. The highest BCUT2D eigenvalue weighted by molar-refractivity contribution is 7.89. The first-order chi connectivity index (χ1) is 10.4. The molecule has 5 nitrogen and oxygen atoms in total. The molecule has 0 aromatic heterocycles. The fourth-order valence-corrected chi connectivity index (χ4v) is 3.71. The first-order valence-electron chi connectivity index (χ1n) is 7.68. The number of sulfone groups is 1. The number of carbonyl (C=O) groups excluding carboxylic acids is 1. The van der Waals surface area contributed by atoms with Gasteiger partial charge in [0.05, 0.1) is 5.75 Å². The number of amides is 1. The van der Waals surface area contributed by atoms with Crippen LogP contribution in [0.2, 0.25) is 0 Å². The van der Waals surface area contributed by atoms with Crippen molar-refractivity contribution in [2.45, 2.75) is 31.6 Å². The second-order valence-electron chi connectivity index (χ2n) is 5.90. The van der Waals surface area contributed by atoms with Gasteiger partial charge >= 0.3 is 0 Å². The standard InChI is InChI=1S/C16H24N2O3S/c1-3-18-10-4-5-15(18)11-17-16(19)14-8-6-13(7-9-14)12-22(2,20)21/h6-9,15H,3-5,10-12H2,1-2H3,(H,17,19)/t15-/m0/s1. The largest absolute Gasteiger partial charge is 0.350 e. The Morgan fingerprint density at radius 1 is 1.32 bits per heavy atom. The predicted octanol–water partition coefficient (Wildman–Crippen LogP) is 1.45. The van der Waals surface area contributed by atoms with Gasteiger partial charge in [0.25, 0.3) is 5.91 Å². The number of hydrogen-bond donors (Lipinski definition) is 1. The average Bonchev–Trinajstić information content (AvgIpc) is 2.91. The Labute approximate surface area is 132 Å². The molecule has 1 saturated heterocycles. The first-order valence-corrected chi connectivity index (χ1v) is 9.74. The van der Waals surface area contributed by atoms with E-state index in [-0.39, 0.29) is 11.7 Å². The number of nitrogens with zero attached hydrogens (tertiary/aromatic N) is 1. The van der Waals surface area contributed by atoms with Gasteiger partial charge in [-0.05, 0) is 43.6 Å². The Balaban J connectivity index is 1.90. The summed E-state index contributed by atoms with van der Waals surface area (Å²) in [5.41, 5.74) is 1.27. The fraction of sp³-hybridized carbons (Fsp3) is 0.562. The van der Waals surface area contributed by atoms with E-state index in [0.717, 1.165) is 19.5 Å². The zero-order valence-electron chi connectivity index (χ0n) is 13.2. The molecule has 0 bridgehead atoms. The van der Waals surface area contributed by atoms with E-state index in [1.54, 1.807) is 24.3 Å². The molecule has 0 radical (unpaired) electrons. The van der Waals surface area contributed by atoms with Gasteiger partial charge in [-0.2, -0.15) is 0 Å². The summed E-state index contributed by atoms with van der Waals surface area (Å²) in [6.45, 7) is 4.93. The Hall–Kier alpha value is -1.40. The van der Waals surface area contributed by atoms with Crippen molar-refractivity contribution in [3.8, 4) is 0 Å². The van der Waals surface area contributed by atoms with E-state index in [0.29, 0.717) is 23.7 Å². The van der Waals surface area contributed by atoms with Crippen molar-refractivity contribution in [2.75, 3.05) is 25.9 Å². The summed E-state index contributed by atoms with van der Waals surface area (Å²) in [4.78, 5) is 14.5. The van der Waals surface area contributed by atoms with Crippen LogP contribution in [0.3, 0.4) is 0 Å². The SMILES string of the molecule is CCN1CCC[C@H]1CNC(=O)c1ccc(CS(C)(=O)=O)cc1. The maximum Gasteiger partial charge on any atom is 0.251 e. The van der Waals surface area contributed by atoms with Gasteiger partial charge in [0, 0.05) is 24.4 Å². The first kappa shape index (κ1) is 17.0. The van der Waals surface area contributed by atoms with Crippen LogP contribution in [-0.4, -0.2) is 51.2 Å². The summed E-state index contributed by atoms with van der Waals surface area (Å²) in [7, 11) is -3.05. The summed E-state index contributed by atoms with van der Waals surface area (Å²) in [6, 6.07) is 7.19. The van der Waals surface area contributed by atoms with E-state index in [2.05, 4.69) is 17.1 Å². The number of benzene rings is 1. The topological polar surface area (TPSA) is 66.5 Å².